The van der Waals surface area contributed by atoms with Crippen LogP contribution in [0.3, 0.4) is 0 Å². The molecule has 0 radical (unpaired) electrons. The van der Waals surface area contributed by atoms with Crippen LogP contribution in [0.2, 0.25) is 6.32 Å². The van der Waals surface area contributed by atoms with E-state index in [-0.39, 0.29) is 41.5 Å². The zero-order chi connectivity index (χ0) is 31.8. The molecule has 3 aliphatic heterocycles. The third-order valence-corrected chi connectivity index (χ3v) is 11.0. The average molecular weight is 724 g/mol. The topological polar surface area (TPSA) is 99.5 Å². The van der Waals surface area contributed by atoms with Gasteiger partial charge in [0.1, 0.15) is 0 Å². The Bertz CT molecular complexity index is 1500. The molecule has 6 rings (SSSR count). The lowest BCUT2D eigenvalue weighted by molar-refractivity contribution is -0.144. The van der Waals surface area contributed by atoms with Gasteiger partial charge in [-0.1, -0.05) is 47.6 Å². The molecular formula is C35H42BIN2O6. The van der Waals surface area contributed by atoms with Gasteiger partial charge in [-0.15, -0.1) is 0 Å². The number of ether oxygens (including phenoxy) is 1. The summed E-state index contributed by atoms with van der Waals surface area (Å²) >= 11 is 2.09. The summed E-state index contributed by atoms with van der Waals surface area (Å²) in [6, 6.07) is 14.1. The van der Waals surface area contributed by atoms with E-state index in [4.69, 9.17) is 9.39 Å². The molecule has 2 N–H and O–H groups in total. The van der Waals surface area contributed by atoms with Crippen molar-refractivity contribution in [3.05, 3.63) is 73.9 Å². The highest BCUT2D eigenvalue weighted by Gasteiger charge is 2.58. The fourth-order valence-corrected chi connectivity index (χ4v) is 8.66. The molecule has 10 heteroatoms. The lowest BCUT2D eigenvalue weighted by atomic mass is 9.59. The minimum absolute atomic E-state index is 0.0276. The van der Waals surface area contributed by atoms with Gasteiger partial charge in [-0.2, -0.15) is 0 Å². The number of phenolic OH excluding ortho intramolecular Hbond substituents is 1. The average Bonchev–Trinajstić information content (AvgIpc) is 3.27. The molecule has 0 aromatic heterocycles. The molecule has 0 unspecified atom stereocenters. The number of aromatic hydroxyl groups is 1. The molecule has 2 amide bonds. The summed E-state index contributed by atoms with van der Waals surface area (Å²) in [5.74, 6) is -0.488. The van der Waals surface area contributed by atoms with Crippen LogP contribution in [-0.4, -0.2) is 71.2 Å². The van der Waals surface area contributed by atoms with Crippen molar-refractivity contribution in [1.82, 2.24) is 9.80 Å². The first-order valence-corrected chi connectivity index (χ1v) is 17.1. The number of carbonyl (C=O) groups is 2. The number of allylic oxidation sites excluding steroid dienone is 2. The molecule has 3 heterocycles. The van der Waals surface area contributed by atoms with Crippen molar-refractivity contribution >= 4 is 47.6 Å². The fraction of sp³-hybridized carbons (Fsp3) is 0.486. The summed E-state index contributed by atoms with van der Waals surface area (Å²) in [6.07, 6.45) is 5.65. The van der Waals surface area contributed by atoms with Crippen LogP contribution in [0.4, 0.5) is 0 Å². The fourth-order valence-electron chi connectivity index (χ4n) is 8.03. The van der Waals surface area contributed by atoms with E-state index in [9.17, 15) is 19.7 Å². The Morgan fingerprint density at radius 3 is 2.58 bits per heavy atom. The Morgan fingerprint density at radius 1 is 1.13 bits per heavy atom. The van der Waals surface area contributed by atoms with Gasteiger partial charge in [0.15, 0.2) is 11.5 Å². The van der Waals surface area contributed by atoms with Crippen molar-refractivity contribution in [3.63, 3.8) is 0 Å². The SMILES string of the molecule is COc1cc(/C=C(\C)CC[C@H]2OB(O)C[C@H]3C2=C(C)C[C@H]2C(=O)N(C4CCN(Cc5ccccc5)CC4)C(=O)[C@H]23)cc(I)c1O. The first-order valence-electron chi connectivity index (χ1n) is 16.0. The maximum atomic E-state index is 14.1. The first-order chi connectivity index (χ1) is 21.6. The van der Waals surface area contributed by atoms with Crippen LogP contribution < -0.4 is 4.74 Å². The standard InChI is InChI=1S/C35H42BIN2O6/c1-21(15-24-17-28(37)33(40)30(18-24)44-3)9-10-29-31-22(2)16-26-32(27(31)19-36(43)45-29)35(42)39(34(26)41)25-11-13-38(14-12-25)20-23-7-5-4-6-8-23/h4-8,15,17-18,25-27,29,32,40,43H,9-14,16,19-20H2,1-3H3/b21-15+/t26-,27+,29-,32-/m1/s1. The number of likely N-dealkylation sites (tertiary alicyclic amines) is 2. The van der Waals surface area contributed by atoms with Crippen molar-refractivity contribution in [3.8, 4) is 11.5 Å². The van der Waals surface area contributed by atoms with Crippen LogP contribution in [0.25, 0.3) is 6.08 Å². The van der Waals surface area contributed by atoms with Gasteiger partial charge in [-0.05, 0) is 110 Å². The summed E-state index contributed by atoms with van der Waals surface area (Å²) in [7, 11) is 0.566. The van der Waals surface area contributed by atoms with Gasteiger partial charge in [0.2, 0.25) is 11.8 Å². The van der Waals surface area contributed by atoms with Gasteiger partial charge in [0.05, 0.1) is 28.6 Å². The second-order valence-corrected chi connectivity index (χ2v) is 14.3. The number of halogens is 1. The highest BCUT2D eigenvalue weighted by molar-refractivity contribution is 14.1. The number of fused-ring (bicyclic) bond motifs is 3. The number of amides is 2. The monoisotopic (exact) mass is 724 g/mol. The maximum Gasteiger partial charge on any atom is 0.455 e. The van der Waals surface area contributed by atoms with Crippen molar-refractivity contribution in [1.29, 1.82) is 0 Å². The highest BCUT2D eigenvalue weighted by Crippen LogP contribution is 2.51. The Labute approximate surface area is 279 Å². The van der Waals surface area contributed by atoms with Gasteiger partial charge >= 0.3 is 7.12 Å². The Hall–Kier alpha value is -2.67. The van der Waals surface area contributed by atoms with Gasteiger partial charge in [0, 0.05) is 25.7 Å². The second-order valence-electron chi connectivity index (χ2n) is 13.1. The number of benzene rings is 2. The minimum atomic E-state index is -0.972. The number of phenols is 1. The number of hydrogen-bond acceptors (Lipinski definition) is 7. The Balaban J connectivity index is 1.14. The molecule has 238 valence electrons. The summed E-state index contributed by atoms with van der Waals surface area (Å²) < 4.78 is 12.1. The molecule has 4 aliphatic rings. The van der Waals surface area contributed by atoms with Crippen LogP contribution >= 0.6 is 22.6 Å². The van der Waals surface area contributed by atoms with E-state index >= 15 is 0 Å². The molecule has 0 saturated carbocycles. The van der Waals surface area contributed by atoms with Crippen LogP contribution in [0, 0.1) is 21.3 Å². The lowest BCUT2D eigenvalue weighted by Crippen LogP contribution is -2.48. The summed E-state index contributed by atoms with van der Waals surface area (Å²) in [4.78, 5) is 31.9. The molecule has 0 spiro atoms. The smallest absolute Gasteiger partial charge is 0.455 e. The summed E-state index contributed by atoms with van der Waals surface area (Å²) in [5, 5.41) is 21.0. The quantitative estimate of drug-likeness (QED) is 0.157. The van der Waals surface area contributed by atoms with E-state index in [1.54, 1.807) is 4.90 Å². The molecule has 1 aliphatic carbocycles. The van der Waals surface area contributed by atoms with Gasteiger partial charge in [-0.3, -0.25) is 19.4 Å². The molecule has 45 heavy (non-hydrogen) atoms. The third kappa shape index (κ3) is 6.61. The van der Waals surface area contributed by atoms with Crippen molar-refractivity contribution in [2.75, 3.05) is 20.2 Å². The molecule has 8 nitrogen and oxygen atoms in total. The Kier molecular flexibility index (Phi) is 9.75. The predicted molar refractivity (Wildman–Crippen MR) is 182 cm³/mol. The maximum absolute atomic E-state index is 14.1. The molecule has 3 fully saturated rings. The van der Waals surface area contributed by atoms with Crippen LogP contribution in [0.15, 0.2) is 59.2 Å². The first kappa shape index (κ1) is 32.3. The van der Waals surface area contributed by atoms with Crippen LogP contribution in [0.5, 0.6) is 11.5 Å². The highest BCUT2D eigenvalue weighted by atomic mass is 127. The molecule has 3 saturated heterocycles. The van der Waals surface area contributed by atoms with E-state index in [1.165, 1.54) is 12.7 Å². The number of imide groups is 1. The third-order valence-electron chi connectivity index (χ3n) is 10.1. The second kappa shape index (κ2) is 13.6. The number of carbonyl (C=O) groups excluding carboxylic acids is 2. The molecule has 0 bridgehead atoms. The normalized spacial score (nSPS) is 26.4. The number of rotatable bonds is 8. The van der Waals surface area contributed by atoms with Crippen LogP contribution in [-0.2, 0) is 20.8 Å². The zero-order valence-electron chi connectivity index (χ0n) is 26.2. The predicted octanol–water partition coefficient (Wildman–Crippen LogP) is 5.67. The number of piperidine rings is 1. The molecule has 2 aromatic rings. The van der Waals surface area contributed by atoms with Gasteiger partial charge in [0.25, 0.3) is 0 Å². The van der Waals surface area contributed by atoms with E-state index in [0.717, 1.165) is 61.2 Å². The Morgan fingerprint density at radius 2 is 1.87 bits per heavy atom. The van der Waals surface area contributed by atoms with Gasteiger partial charge in [-0.25, -0.2) is 0 Å². The lowest BCUT2D eigenvalue weighted by Gasteiger charge is -2.42. The summed E-state index contributed by atoms with van der Waals surface area (Å²) in [6.45, 7) is 6.72. The minimum Gasteiger partial charge on any atom is -0.504 e. The van der Waals surface area contributed by atoms with E-state index < -0.39 is 13.0 Å². The van der Waals surface area contributed by atoms with Crippen molar-refractivity contribution < 1.29 is 29.1 Å². The largest absolute Gasteiger partial charge is 0.504 e. The van der Waals surface area contributed by atoms with Crippen molar-refractivity contribution in [2.24, 2.45) is 17.8 Å². The number of hydrogen-bond donors (Lipinski definition) is 2. The summed E-state index contributed by atoms with van der Waals surface area (Å²) in [5.41, 5.74) is 5.57. The van der Waals surface area contributed by atoms with E-state index in [0.29, 0.717) is 28.5 Å². The van der Waals surface area contributed by atoms with Gasteiger partial charge < -0.3 is 19.5 Å². The van der Waals surface area contributed by atoms with E-state index in [2.05, 4.69) is 71.7 Å². The van der Waals surface area contributed by atoms with E-state index in [1.807, 2.05) is 18.2 Å². The number of methoxy groups -OCH3 is 1. The van der Waals surface area contributed by atoms with Crippen LogP contribution in [0.1, 0.15) is 57.1 Å². The zero-order valence-corrected chi connectivity index (χ0v) is 28.4. The molecule has 2 aromatic carbocycles. The van der Waals surface area contributed by atoms with Crippen molar-refractivity contribution in [2.45, 2.75) is 71.0 Å². The molecule has 4 atom stereocenters. The number of nitrogens with zero attached hydrogens (tertiary/aromatic N) is 2. The molecular weight excluding hydrogens is 682 g/mol.